The van der Waals surface area contributed by atoms with Crippen LogP contribution in [-0.2, 0) is 0 Å². The van der Waals surface area contributed by atoms with Gasteiger partial charge in [-0.1, -0.05) is 31.0 Å². The smallest absolute Gasteiger partial charge is 0.0366 e. The maximum absolute atomic E-state index is 3.56. The number of anilines is 1. The molecule has 114 valence electrons. The van der Waals surface area contributed by atoms with E-state index in [0.717, 1.165) is 13.1 Å². The highest BCUT2D eigenvalue weighted by Gasteiger charge is 2.05. The van der Waals surface area contributed by atoms with Gasteiger partial charge in [0.15, 0.2) is 0 Å². The van der Waals surface area contributed by atoms with E-state index in [0.29, 0.717) is 6.04 Å². The lowest BCUT2D eigenvalue weighted by atomic mass is 10.1. The molecule has 0 aliphatic rings. The predicted octanol–water partition coefficient (Wildman–Crippen LogP) is 4.38. The lowest BCUT2D eigenvalue weighted by Crippen LogP contribution is -2.27. The molecule has 1 aromatic rings. The van der Waals surface area contributed by atoms with E-state index in [9.17, 15) is 0 Å². The largest absolute Gasteiger partial charge is 0.372 e. The highest BCUT2D eigenvalue weighted by Crippen LogP contribution is 2.16. The monoisotopic (exact) mass is 276 g/mol. The van der Waals surface area contributed by atoms with Crippen molar-refractivity contribution in [1.29, 1.82) is 0 Å². The van der Waals surface area contributed by atoms with Crippen molar-refractivity contribution in [1.82, 2.24) is 5.32 Å². The van der Waals surface area contributed by atoms with Crippen molar-refractivity contribution in [3.8, 4) is 0 Å². The lowest BCUT2D eigenvalue weighted by molar-refractivity contribution is 0.489. The summed E-state index contributed by atoms with van der Waals surface area (Å²) < 4.78 is 0. The molecular formula is C18H32N2. The van der Waals surface area contributed by atoms with Crippen molar-refractivity contribution in [3.05, 3.63) is 29.8 Å². The SMILES string of the molecule is CCCNC(C)CCCCN(CC)c1ccc(C)cc1. The minimum Gasteiger partial charge on any atom is -0.372 e. The van der Waals surface area contributed by atoms with Crippen LogP contribution in [0.25, 0.3) is 0 Å². The summed E-state index contributed by atoms with van der Waals surface area (Å²) in [6, 6.07) is 9.54. The van der Waals surface area contributed by atoms with Crippen molar-refractivity contribution in [2.45, 2.75) is 59.4 Å². The molecule has 0 radical (unpaired) electrons. The Kier molecular flexibility index (Phi) is 8.36. The van der Waals surface area contributed by atoms with Gasteiger partial charge in [0.25, 0.3) is 0 Å². The van der Waals surface area contributed by atoms with E-state index in [1.807, 2.05) is 0 Å². The molecule has 0 fully saturated rings. The fourth-order valence-corrected chi connectivity index (χ4v) is 2.47. The van der Waals surface area contributed by atoms with Gasteiger partial charge in [0.1, 0.15) is 0 Å². The first-order chi connectivity index (χ1) is 9.67. The summed E-state index contributed by atoms with van der Waals surface area (Å²) in [5, 5.41) is 3.56. The molecule has 2 heteroatoms. The summed E-state index contributed by atoms with van der Waals surface area (Å²) in [7, 11) is 0. The zero-order valence-corrected chi connectivity index (χ0v) is 13.8. The number of hydrogen-bond acceptors (Lipinski definition) is 2. The second-order valence-electron chi connectivity index (χ2n) is 5.77. The summed E-state index contributed by atoms with van der Waals surface area (Å²) in [5.41, 5.74) is 2.69. The summed E-state index contributed by atoms with van der Waals surface area (Å²) in [6.07, 6.45) is 5.09. The quantitative estimate of drug-likeness (QED) is 0.638. The molecular weight excluding hydrogens is 244 g/mol. The van der Waals surface area contributed by atoms with Crippen molar-refractivity contribution in [3.63, 3.8) is 0 Å². The lowest BCUT2D eigenvalue weighted by Gasteiger charge is -2.23. The molecule has 20 heavy (non-hydrogen) atoms. The molecule has 0 aliphatic carbocycles. The van der Waals surface area contributed by atoms with Crippen LogP contribution < -0.4 is 10.2 Å². The molecule has 0 aromatic heterocycles. The number of nitrogens with one attached hydrogen (secondary N) is 1. The van der Waals surface area contributed by atoms with Gasteiger partial charge in [-0.05, 0) is 58.7 Å². The number of unbranched alkanes of at least 4 members (excludes halogenated alkanes) is 1. The average molecular weight is 276 g/mol. The third kappa shape index (κ3) is 6.42. The molecule has 0 spiro atoms. The summed E-state index contributed by atoms with van der Waals surface area (Å²) >= 11 is 0. The molecule has 1 N–H and O–H groups in total. The zero-order chi connectivity index (χ0) is 14.8. The van der Waals surface area contributed by atoms with Gasteiger partial charge in [-0.3, -0.25) is 0 Å². The van der Waals surface area contributed by atoms with E-state index >= 15 is 0 Å². The maximum atomic E-state index is 3.56. The Morgan fingerprint density at radius 2 is 1.80 bits per heavy atom. The van der Waals surface area contributed by atoms with Crippen LogP contribution in [-0.4, -0.2) is 25.7 Å². The van der Waals surface area contributed by atoms with E-state index in [2.05, 4.69) is 62.2 Å². The van der Waals surface area contributed by atoms with E-state index in [-0.39, 0.29) is 0 Å². The molecule has 0 saturated heterocycles. The Bertz CT molecular complexity index is 345. The molecule has 1 atom stereocenters. The number of nitrogens with zero attached hydrogens (tertiary/aromatic N) is 1. The highest BCUT2D eigenvalue weighted by molar-refractivity contribution is 5.47. The van der Waals surface area contributed by atoms with Gasteiger partial charge in [-0.2, -0.15) is 0 Å². The molecule has 0 saturated carbocycles. The van der Waals surface area contributed by atoms with Gasteiger partial charge in [0.05, 0.1) is 0 Å². The third-order valence-corrected chi connectivity index (χ3v) is 3.84. The van der Waals surface area contributed by atoms with Gasteiger partial charge in [0, 0.05) is 24.8 Å². The normalized spacial score (nSPS) is 12.4. The van der Waals surface area contributed by atoms with Crippen LogP contribution in [0, 0.1) is 6.92 Å². The first-order valence-corrected chi connectivity index (χ1v) is 8.22. The molecule has 2 nitrogen and oxygen atoms in total. The van der Waals surface area contributed by atoms with Gasteiger partial charge in [0.2, 0.25) is 0 Å². The van der Waals surface area contributed by atoms with Gasteiger partial charge < -0.3 is 10.2 Å². The second kappa shape index (κ2) is 9.82. The number of hydrogen-bond donors (Lipinski definition) is 1. The third-order valence-electron chi connectivity index (χ3n) is 3.84. The van der Waals surface area contributed by atoms with Crippen molar-refractivity contribution >= 4 is 5.69 Å². The maximum Gasteiger partial charge on any atom is 0.0366 e. The second-order valence-corrected chi connectivity index (χ2v) is 5.77. The van der Waals surface area contributed by atoms with Crippen molar-refractivity contribution in [2.75, 3.05) is 24.5 Å². The van der Waals surface area contributed by atoms with Crippen LogP contribution in [0.3, 0.4) is 0 Å². The fourth-order valence-electron chi connectivity index (χ4n) is 2.47. The fraction of sp³-hybridized carbons (Fsp3) is 0.667. The molecule has 0 amide bonds. The first kappa shape index (κ1) is 17.0. The van der Waals surface area contributed by atoms with Crippen LogP contribution in [0.15, 0.2) is 24.3 Å². The molecule has 0 heterocycles. The summed E-state index contributed by atoms with van der Waals surface area (Å²) in [4.78, 5) is 2.48. The first-order valence-electron chi connectivity index (χ1n) is 8.22. The minimum absolute atomic E-state index is 0.657. The van der Waals surface area contributed by atoms with E-state index in [1.165, 1.54) is 43.5 Å². The molecule has 0 aliphatic heterocycles. The Balaban J connectivity index is 2.26. The topological polar surface area (TPSA) is 15.3 Å². The highest BCUT2D eigenvalue weighted by atomic mass is 15.1. The Morgan fingerprint density at radius 1 is 1.10 bits per heavy atom. The van der Waals surface area contributed by atoms with E-state index < -0.39 is 0 Å². The van der Waals surface area contributed by atoms with E-state index in [1.54, 1.807) is 0 Å². The van der Waals surface area contributed by atoms with Gasteiger partial charge in [-0.25, -0.2) is 0 Å². The standard InChI is InChI=1S/C18H32N2/c1-5-14-19-17(4)9-7-8-15-20(6-2)18-12-10-16(3)11-13-18/h10-13,17,19H,5-9,14-15H2,1-4H3. The zero-order valence-electron chi connectivity index (χ0n) is 13.8. The predicted molar refractivity (Wildman–Crippen MR) is 90.7 cm³/mol. The minimum atomic E-state index is 0.657. The number of rotatable bonds is 10. The van der Waals surface area contributed by atoms with E-state index in [4.69, 9.17) is 0 Å². The van der Waals surface area contributed by atoms with Crippen molar-refractivity contribution in [2.24, 2.45) is 0 Å². The van der Waals surface area contributed by atoms with Crippen LogP contribution >= 0.6 is 0 Å². The van der Waals surface area contributed by atoms with Crippen LogP contribution in [0.4, 0.5) is 5.69 Å². The van der Waals surface area contributed by atoms with Crippen LogP contribution in [0.1, 0.15) is 52.0 Å². The molecule has 1 unspecified atom stereocenters. The Hall–Kier alpha value is -1.02. The van der Waals surface area contributed by atoms with Gasteiger partial charge >= 0.3 is 0 Å². The van der Waals surface area contributed by atoms with Crippen molar-refractivity contribution < 1.29 is 0 Å². The molecule has 0 bridgehead atoms. The molecule has 1 rings (SSSR count). The van der Waals surface area contributed by atoms with Crippen LogP contribution in [0.5, 0.6) is 0 Å². The number of benzene rings is 1. The summed E-state index contributed by atoms with van der Waals surface area (Å²) in [5.74, 6) is 0. The van der Waals surface area contributed by atoms with Gasteiger partial charge in [-0.15, -0.1) is 0 Å². The molecule has 1 aromatic carbocycles. The Labute approximate surface area is 125 Å². The van der Waals surface area contributed by atoms with Crippen LogP contribution in [0.2, 0.25) is 0 Å². The number of aryl methyl sites for hydroxylation is 1. The summed E-state index contributed by atoms with van der Waals surface area (Å²) in [6.45, 7) is 12.3. The Morgan fingerprint density at radius 3 is 2.40 bits per heavy atom. The average Bonchev–Trinajstić information content (AvgIpc) is 2.46.